The first-order valence-corrected chi connectivity index (χ1v) is 4.64. The maximum atomic E-state index is 5.97. The Morgan fingerprint density at radius 3 is 2.75 bits per heavy atom. The van der Waals surface area contributed by atoms with Crippen LogP contribution in [0.15, 0.2) is 24.3 Å². The first kappa shape index (κ1) is 9.63. The van der Waals surface area contributed by atoms with Crippen molar-refractivity contribution >= 4 is 29.3 Å². The van der Waals surface area contributed by atoms with Gasteiger partial charge in [-0.2, -0.15) is 0 Å². The molecule has 0 aromatic heterocycles. The molecule has 0 aliphatic rings. The molecule has 0 heterocycles. The molecule has 0 bridgehead atoms. The molecule has 0 unspecified atom stereocenters. The van der Waals surface area contributed by atoms with E-state index in [1.807, 2.05) is 37.3 Å². The van der Waals surface area contributed by atoms with Crippen molar-refractivity contribution in [2.75, 3.05) is 5.88 Å². The van der Waals surface area contributed by atoms with Crippen LogP contribution in [0.25, 0.3) is 6.08 Å². The number of benzene rings is 1. The second-order valence-corrected chi connectivity index (χ2v) is 3.30. The molecule has 0 saturated heterocycles. The van der Waals surface area contributed by atoms with Crippen molar-refractivity contribution in [3.63, 3.8) is 0 Å². The Labute approximate surface area is 82.8 Å². The third-order valence-corrected chi connectivity index (χ3v) is 2.05. The molecule has 0 fully saturated rings. The van der Waals surface area contributed by atoms with Gasteiger partial charge in [-0.1, -0.05) is 35.9 Å². The molecule has 0 aliphatic carbocycles. The Kier molecular flexibility index (Phi) is 3.64. The molecule has 0 saturated carbocycles. The van der Waals surface area contributed by atoms with Crippen LogP contribution < -0.4 is 0 Å². The summed E-state index contributed by atoms with van der Waals surface area (Å²) in [4.78, 5) is 0. The lowest BCUT2D eigenvalue weighted by molar-refractivity contribution is 1.46. The molecular formula is C10H10Cl2. The average molecular weight is 201 g/mol. The highest BCUT2D eigenvalue weighted by Gasteiger charge is 1.94. The lowest BCUT2D eigenvalue weighted by Crippen LogP contribution is -1.77. The van der Waals surface area contributed by atoms with Gasteiger partial charge in [-0.05, 0) is 24.1 Å². The standard InChI is InChI=1S/C10H10Cl2/c1-8-4-5-9(3-2-6-11)10(12)7-8/h2-5,7H,6H2,1H3. The first-order chi connectivity index (χ1) is 5.74. The van der Waals surface area contributed by atoms with Crippen LogP contribution in [-0.2, 0) is 0 Å². The van der Waals surface area contributed by atoms with Crippen molar-refractivity contribution in [1.82, 2.24) is 0 Å². The van der Waals surface area contributed by atoms with E-state index < -0.39 is 0 Å². The third kappa shape index (κ3) is 2.54. The molecule has 1 aromatic rings. The Hall–Kier alpha value is -0.460. The number of rotatable bonds is 2. The molecule has 0 amide bonds. The molecule has 0 radical (unpaired) electrons. The van der Waals surface area contributed by atoms with Gasteiger partial charge in [-0.25, -0.2) is 0 Å². The summed E-state index contributed by atoms with van der Waals surface area (Å²) in [6.45, 7) is 2.01. The summed E-state index contributed by atoms with van der Waals surface area (Å²) in [5.41, 5.74) is 2.19. The molecular weight excluding hydrogens is 191 g/mol. The Balaban J connectivity index is 2.94. The van der Waals surface area contributed by atoms with Gasteiger partial charge in [0.05, 0.1) is 0 Å². The van der Waals surface area contributed by atoms with E-state index in [4.69, 9.17) is 23.2 Å². The predicted octanol–water partition coefficient (Wildman–Crippen LogP) is 3.90. The zero-order valence-corrected chi connectivity index (χ0v) is 8.36. The molecule has 0 N–H and O–H groups in total. The summed E-state index contributed by atoms with van der Waals surface area (Å²) < 4.78 is 0. The van der Waals surface area contributed by atoms with E-state index in [0.29, 0.717) is 5.88 Å². The molecule has 2 heteroatoms. The van der Waals surface area contributed by atoms with Gasteiger partial charge in [-0.15, -0.1) is 11.6 Å². The first-order valence-electron chi connectivity index (χ1n) is 3.72. The van der Waals surface area contributed by atoms with Crippen molar-refractivity contribution in [3.8, 4) is 0 Å². The number of halogens is 2. The number of alkyl halides is 1. The van der Waals surface area contributed by atoms with Crippen molar-refractivity contribution < 1.29 is 0 Å². The Morgan fingerprint density at radius 2 is 2.17 bits per heavy atom. The van der Waals surface area contributed by atoms with Crippen LogP contribution in [0.1, 0.15) is 11.1 Å². The molecule has 0 nitrogen and oxygen atoms in total. The highest BCUT2D eigenvalue weighted by molar-refractivity contribution is 6.32. The minimum Gasteiger partial charge on any atom is -0.122 e. The fourth-order valence-corrected chi connectivity index (χ4v) is 1.33. The number of hydrogen-bond acceptors (Lipinski definition) is 0. The topological polar surface area (TPSA) is 0 Å². The molecule has 64 valence electrons. The maximum Gasteiger partial charge on any atom is 0.0480 e. The van der Waals surface area contributed by atoms with Gasteiger partial charge in [0, 0.05) is 10.9 Å². The zero-order valence-electron chi connectivity index (χ0n) is 6.85. The van der Waals surface area contributed by atoms with Gasteiger partial charge in [0.15, 0.2) is 0 Å². The largest absolute Gasteiger partial charge is 0.122 e. The minimum atomic E-state index is 0.518. The number of allylic oxidation sites excluding steroid dienone is 1. The van der Waals surface area contributed by atoms with E-state index in [-0.39, 0.29) is 0 Å². The SMILES string of the molecule is Cc1ccc(C=CCCl)c(Cl)c1. The lowest BCUT2D eigenvalue weighted by Gasteiger charge is -1.98. The normalized spacial score (nSPS) is 10.9. The van der Waals surface area contributed by atoms with Crippen LogP contribution in [-0.4, -0.2) is 5.88 Å². The van der Waals surface area contributed by atoms with Crippen LogP contribution >= 0.6 is 23.2 Å². The molecule has 12 heavy (non-hydrogen) atoms. The van der Waals surface area contributed by atoms with Gasteiger partial charge in [-0.3, -0.25) is 0 Å². The molecule has 0 atom stereocenters. The summed E-state index contributed by atoms with van der Waals surface area (Å²) in [5, 5.41) is 0.774. The predicted molar refractivity (Wildman–Crippen MR) is 55.9 cm³/mol. The summed E-state index contributed by atoms with van der Waals surface area (Å²) in [6, 6.07) is 5.95. The number of aryl methyl sites for hydroxylation is 1. The summed E-state index contributed by atoms with van der Waals surface area (Å²) in [7, 11) is 0. The van der Waals surface area contributed by atoms with E-state index in [9.17, 15) is 0 Å². The van der Waals surface area contributed by atoms with Crippen LogP contribution in [0.2, 0.25) is 5.02 Å². The number of hydrogen-bond donors (Lipinski definition) is 0. The van der Waals surface area contributed by atoms with Gasteiger partial charge in [0.25, 0.3) is 0 Å². The fraction of sp³-hybridized carbons (Fsp3) is 0.200. The van der Waals surface area contributed by atoms with Crippen LogP contribution in [0.3, 0.4) is 0 Å². The zero-order chi connectivity index (χ0) is 8.97. The van der Waals surface area contributed by atoms with E-state index >= 15 is 0 Å². The second kappa shape index (κ2) is 4.54. The second-order valence-electron chi connectivity index (χ2n) is 2.58. The van der Waals surface area contributed by atoms with E-state index in [2.05, 4.69) is 0 Å². The van der Waals surface area contributed by atoms with Crippen LogP contribution in [0.4, 0.5) is 0 Å². The van der Waals surface area contributed by atoms with E-state index in [0.717, 1.165) is 10.6 Å². The molecule has 1 rings (SSSR count). The summed E-state index contributed by atoms with van der Waals surface area (Å²) >= 11 is 11.5. The summed E-state index contributed by atoms with van der Waals surface area (Å²) in [6.07, 6.45) is 3.80. The Morgan fingerprint density at radius 1 is 1.42 bits per heavy atom. The quantitative estimate of drug-likeness (QED) is 0.636. The van der Waals surface area contributed by atoms with Gasteiger partial charge in [0.2, 0.25) is 0 Å². The van der Waals surface area contributed by atoms with E-state index in [1.54, 1.807) is 0 Å². The van der Waals surface area contributed by atoms with Crippen LogP contribution in [0.5, 0.6) is 0 Å². The molecule has 0 spiro atoms. The van der Waals surface area contributed by atoms with Gasteiger partial charge >= 0.3 is 0 Å². The lowest BCUT2D eigenvalue weighted by atomic mass is 10.1. The van der Waals surface area contributed by atoms with Crippen LogP contribution in [0, 0.1) is 6.92 Å². The maximum absolute atomic E-state index is 5.97. The monoisotopic (exact) mass is 200 g/mol. The smallest absolute Gasteiger partial charge is 0.0480 e. The fourth-order valence-electron chi connectivity index (χ4n) is 0.939. The van der Waals surface area contributed by atoms with Crippen molar-refractivity contribution in [1.29, 1.82) is 0 Å². The van der Waals surface area contributed by atoms with E-state index in [1.165, 1.54) is 5.56 Å². The highest BCUT2D eigenvalue weighted by Crippen LogP contribution is 2.18. The van der Waals surface area contributed by atoms with Crippen molar-refractivity contribution in [3.05, 3.63) is 40.4 Å². The Bertz CT molecular complexity index is 290. The van der Waals surface area contributed by atoms with Gasteiger partial charge < -0.3 is 0 Å². The third-order valence-electron chi connectivity index (χ3n) is 1.54. The minimum absolute atomic E-state index is 0.518. The van der Waals surface area contributed by atoms with Crippen molar-refractivity contribution in [2.45, 2.75) is 6.92 Å². The van der Waals surface area contributed by atoms with Gasteiger partial charge in [0.1, 0.15) is 0 Å². The average Bonchev–Trinajstić information content (AvgIpc) is 2.03. The highest BCUT2D eigenvalue weighted by atomic mass is 35.5. The molecule has 1 aromatic carbocycles. The molecule has 0 aliphatic heterocycles. The van der Waals surface area contributed by atoms with Crippen molar-refractivity contribution in [2.24, 2.45) is 0 Å². The summed E-state index contributed by atoms with van der Waals surface area (Å²) in [5.74, 6) is 0.518.